The molecule has 0 unspecified atom stereocenters. The summed E-state index contributed by atoms with van der Waals surface area (Å²) >= 11 is 0. The molecule has 0 amide bonds. The van der Waals surface area contributed by atoms with Crippen LogP contribution in [-0.2, 0) is 19.1 Å². The molecule has 1 N–H and O–H groups in total. The van der Waals surface area contributed by atoms with E-state index in [0.717, 1.165) is 0 Å². The number of fused-ring (bicyclic) bond motifs is 2. The van der Waals surface area contributed by atoms with Crippen molar-refractivity contribution in [3.05, 3.63) is 11.1 Å². The SMILES string of the molecule is CO[C@H]1C2=C(C(=O)O[C@@H](C)[C@H]2O)[C@H]2CCC(=O)[C@H]21. The Bertz CT molecular complexity index is 452. The van der Waals surface area contributed by atoms with E-state index in [1.54, 1.807) is 6.92 Å². The Balaban J connectivity index is 2.10. The standard InChI is InChI=1S/C13H16O5/c1-5-11(15)10-9(13(16)18-5)6-3-4-7(14)8(6)12(10)17-2/h5-6,8,11-12,15H,3-4H2,1-2H3/t5-,6-,8-,11+,12+/m0/s1. The highest BCUT2D eigenvalue weighted by Crippen LogP contribution is 2.50. The third kappa shape index (κ3) is 1.34. The molecule has 1 heterocycles. The number of rotatable bonds is 1. The predicted molar refractivity (Wildman–Crippen MR) is 60.6 cm³/mol. The number of ketones is 1. The number of ether oxygens (including phenoxy) is 2. The highest BCUT2D eigenvalue weighted by atomic mass is 16.6. The number of aliphatic hydroxyl groups is 1. The predicted octanol–water partition coefficient (Wildman–Crippen LogP) is 0.213. The molecular weight excluding hydrogens is 236 g/mol. The Hall–Kier alpha value is -1.20. The first-order valence-corrected chi connectivity index (χ1v) is 6.24. The third-order valence-corrected chi connectivity index (χ3v) is 4.35. The summed E-state index contributed by atoms with van der Waals surface area (Å²) in [4.78, 5) is 23.9. The van der Waals surface area contributed by atoms with Gasteiger partial charge < -0.3 is 14.6 Å². The lowest BCUT2D eigenvalue weighted by Crippen LogP contribution is -2.40. The Kier molecular flexibility index (Phi) is 2.57. The summed E-state index contributed by atoms with van der Waals surface area (Å²) in [6.45, 7) is 1.65. The van der Waals surface area contributed by atoms with E-state index in [1.807, 2.05) is 0 Å². The van der Waals surface area contributed by atoms with E-state index < -0.39 is 24.3 Å². The smallest absolute Gasteiger partial charge is 0.334 e. The van der Waals surface area contributed by atoms with Gasteiger partial charge in [-0.15, -0.1) is 0 Å². The minimum absolute atomic E-state index is 0.119. The second-order valence-corrected chi connectivity index (χ2v) is 5.22. The van der Waals surface area contributed by atoms with Crippen LogP contribution in [0.15, 0.2) is 11.1 Å². The van der Waals surface area contributed by atoms with E-state index in [-0.39, 0.29) is 17.6 Å². The van der Waals surface area contributed by atoms with Crippen molar-refractivity contribution in [2.24, 2.45) is 11.8 Å². The largest absolute Gasteiger partial charge is 0.456 e. The lowest BCUT2D eigenvalue weighted by atomic mass is 9.93. The minimum Gasteiger partial charge on any atom is -0.456 e. The van der Waals surface area contributed by atoms with Crippen molar-refractivity contribution in [3.63, 3.8) is 0 Å². The van der Waals surface area contributed by atoms with Crippen molar-refractivity contribution in [1.82, 2.24) is 0 Å². The van der Waals surface area contributed by atoms with Gasteiger partial charge in [-0.25, -0.2) is 4.79 Å². The Labute approximate surface area is 105 Å². The van der Waals surface area contributed by atoms with E-state index in [0.29, 0.717) is 24.0 Å². The van der Waals surface area contributed by atoms with Gasteiger partial charge in [0, 0.05) is 30.6 Å². The molecular formula is C13H16O5. The molecule has 3 rings (SSSR count). The molecule has 0 aromatic carbocycles. The van der Waals surface area contributed by atoms with Crippen LogP contribution in [0.1, 0.15) is 19.8 Å². The number of cyclic esters (lactones) is 1. The maximum absolute atomic E-state index is 12.0. The number of esters is 1. The molecule has 5 atom stereocenters. The van der Waals surface area contributed by atoms with Crippen LogP contribution in [0.25, 0.3) is 0 Å². The molecule has 5 nitrogen and oxygen atoms in total. The van der Waals surface area contributed by atoms with E-state index in [2.05, 4.69) is 0 Å². The van der Waals surface area contributed by atoms with Crippen LogP contribution in [0.4, 0.5) is 0 Å². The van der Waals surface area contributed by atoms with Crippen molar-refractivity contribution in [2.45, 2.75) is 38.1 Å². The van der Waals surface area contributed by atoms with Crippen LogP contribution in [0.2, 0.25) is 0 Å². The Morgan fingerprint density at radius 3 is 2.78 bits per heavy atom. The second-order valence-electron chi connectivity index (χ2n) is 5.22. The highest BCUT2D eigenvalue weighted by Gasteiger charge is 2.56. The first-order valence-electron chi connectivity index (χ1n) is 6.24. The van der Waals surface area contributed by atoms with Crippen LogP contribution in [0, 0.1) is 11.8 Å². The van der Waals surface area contributed by atoms with Crippen molar-refractivity contribution in [3.8, 4) is 0 Å². The number of Topliss-reactive ketones (excluding diaryl/α,β-unsaturated/α-hetero) is 1. The minimum atomic E-state index is -0.860. The normalized spacial score (nSPS) is 42.9. The summed E-state index contributed by atoms with van der Waals surface area (Å²) in [7, 11) is 1.51. The first kappa shape index (κ1) is 11.9. The molecule has 1 saturated carbocycles. The molecule has 0 radical (unpaired) electrons. The maximum Gasteiger partial charge on any atom is 0.334 e. The Morgan fingerprint density at radius 1 is 1.39 bits per heavy atom. The average Bonchev–Trinajstić information content (AvgIpc) is 2.85. The zero-order valence-corrected chi connectivity index (χ0v) is 10.4. The summed E-state index contributed by atoms with van der Waals surface area (Å²) in [5, 5.41) is 10.2. The molecule has 1 aliphatic heterocycles. The fraction of sp³-hybridized carbons (Fsp3) is 0.692. The van der Waals surface area contributed by atoms with Gasteiger partial charge in [-0.05, 0) is 13.3 Å². The maximum atomic E-state index is 12.0. The Morgan fingerprint density at radius 2 is 2.11 bits per heavy atom. The van der Waals surface area contributed by atoms with Gasteiger partial charge in [-0.3, -0.25) is 4.79 Å². The number of carbonyl (C=O) groups is 2. The zero-order chi connectivity index (χ0) is 13.0. The molecule has 2 aliphatic carbocycles. The topological polar surface area (TPSA) is 72.8 Å². The molecule has 98 valence electrons. The number of hydrogen-bond donors (Lipinski definition) is 1. The van der Waals surface area contributed by atoms with E-state index in [4.69, 9.17) is 9.47 Å². The molecule has 0 saturated heterocycles. The van der Waals surface area contributed by atoms with Gasteiger partial charge in [0.25, 0.3) is 0 Å². The zero-order valence-electron chi connectivity index (χ0n) is 10.4. The third-order valence-electron chi connectivity index (χ3n) is 4.35. The van der Waals surface area contributed by atoms with E-state index in [9.17, 15) is 14.7 Å². The monoisotopic (exact) mass is 252 g/mol. The number of carbonyl (C=O) groups excluding carboxylic acids is 2. The van der Waals surface area contributed by atoms with Crippen LogP contribution in [0.3, 0.4) is 0 Å². The van der Waals surface area contributed by atoms with Crippen LogP contribution < -0.4 is 0 Å². The second kappa shape index (κ2) is 3.90. The summed E-state index contributed by atoms with van der Waals surface area (Å²) in [5.41, 5.74) is 1.06. The van der Waals surface area contributed by atoms with E-state index in [1.165, 1.54) is 7.11 Å². The number of methoxy groups -OCH3 is 1. The fourth-order valence-electron chi connectivity index (χ4n) is 3.55. The fourth-order valence-corrected chi connectivity index (χ4v) is 3.55. The van der Waals surface area contributed by atoms with Crippen LogP contribution in [-0.4, -0.2) is 42.3 Å². The molecule has 0 aromatic heterocycles. The van der Waals surface area contributed by atoms with E-state index >= 15 is 0 Å². The quantitative estimate of drug-likeness (QED) is 0.675. The van der Waals surface area contributed by atoms with Crippen molar-refractivity contribution >= 4 is 11.8 Å². The van der Waals surface area contributed by atoms with Crippen LogP contribution >= 0.6 is 0 Å². The summed E-state index contributed by atoms with van der Waals surface area (Å²) in [5.74, 6) is -0.722. The van der Waals surface area contributed by atoms with Gasteiger partial charge >= 0.3 is 5.97 Å². The number of aliphatic hydroxyl groups excluding tert-OH is 1. The lowest BCUT2D eigenvalue weighted by molar-refractivity contribution is -0.151. The van der Waals surface area contributed by atoms with Gasteiger partial charge in [-0.1, -0.05) is 0 Å². The molecule has 0 spiro atoms. The van der Waals surface area contributed by atoms with Gasteiger partial charge in [0.1, 0.15) is 18.0 Å². The van der Waals surface area contributed by atoms with Crippen LogP contribution in [0.5, 0.6) is 0 Å². The number of hydrogen-bond acceptors (Lipinski definition) is 5. The molecule has 18 heavy (non-hydrogen) atoms. The molecule has 3 aliphatic rings. The van der Waals surface area contributed by atoms with Crippen molar-refractivity contribution in [1.29, 1.82) is 0 Å². The lowest BCUT2D eigenvalue weighted by Gasteiger charge is -2.30. The van der Waals surface area contributed by atoms with Gasteiger partial charge in [-0.2, -0.15) is 0 Å². The van der Waals surface area contributed by atoms with Crippen molar-refractivity contribution < 1.29 is 24.2 Å². The molecule has 0 bridgehead atoms. The highest BCUT2D eigenvalue weighted by molar-refractivity contribution is 5.97. The van der Waals surface area contributed by atoms with Gasteiger partial charge in [0.15, 0.2) is 0 Å². The molecule has 1 fully saturated rings. The first-order chi connectivity index (χ1) is 8.56. The average molecular weight is 252 g/mol. The summed E-state index contributed by atoms with van der Waals surface area (Å²) in [6, 6.07) is 0. The molecule has 5 heteroatoms. The van der Waals surface area contributed by atoms with Gasteiger partial charge in [0.2, 0.25) is 0 Å². The van der Waals surface area contributed by atoms with Gasteiger partial charge in [0.05, 0.1) is 12.0 Å². The summed E-state index contributed by atoms with van der Waals surface area (Å²) in [6.07, 6.45) is -0.780. The van der Waals surface area contributed by atoms with Crippen molar-refractivity contribution in [2.75, 3.05) is 7.11 Å². The molecule has 0 aromatic rings. The summed E-state index contributed by atoms with van der Waals surface area (Å²) < 4.78 is 10.5.